The van der Waals surface area contributed by atoms with E-state index in [1.54, 1.807) is 22.6 Å². The highest BCUT2D eigenvalue weighted by Gasteiger charge is 2.18. The second kappa shape index (κ2) is 6.86. The molecule has 0 spiro atoms. The Bertz CT molecular complexity index is 570. The fourth-order valence-electron chi connectivity index (χ4n) is 2.07. The van der Waals surface area contributed by atoms with Crippen LogP contribution in [0.15, 0.2) is 23.6 Å². The molecule has 21 heavy (non-hydrogen) atoms. The number of ether oxygens (including phenoxy) is 1. The monoisotopic (exact) mass is 306 g/mol. The van der Waals surface area contributed by atoms with E-state index in [0.29, 0.717) is 17.1 Å². The molecule has 0 radical (unpaired) electrons. The van der Waals surface area contributed by atoms with Crippen LogP contribution in [-0.2, 0) is 4.74 Å². The van der Waals surface area contributed by atoms with Gasteiger partial charge in [0.05, 0.1) is 0 Å². The largest absolute Gasteiger partial charge is 0.381 e. The van der Waals surface area contributed by atoms with E-state index in [0.717, 1.165) is 37.8 Å². The second-order valence-electron chi connectivity index (χ2n) is 4.65. The van der Waals surface area contributed by atoms with Crippen LogP contribution in [0.25, 0.3) is 5.95 Å². The molecule has 2 aromatic rings. The van der Waals surface area contributed by atoms with Crippen LogP contribution in [0.2, 0.25) is 0 Å². The number of aromatic nitrogens is 5. The Kier molecular flexibility index (Phi) is 4.66. The lowest BCUT2D eigenvalue weighted by atomic mass is 10.2. The molecule has 8 heteroatoms. The summed E-state index contributed by atoms with van der Waals surface area (Å²) < 4.78 is 7.04. The number of rotatable bonds is 5. The molecular weight excluding hydrogens is 288 g/mol. The van der Waals surface area contributed by atoms with E-state index in [9.17, 15) is 0 Å². The molecule has 0 atom stereocenters. The molecule has 1 N–H and O–H groups in total. The first-order chi connectivity index (χ1) is 10.3. The first-order valence-electron chi connectivity index (χ1n) is 7.09. The van der Waals surface area contributed by atoms with Gasteiger partial charge in [0.25, 0.3) is 5.95 Å². The van der Waals surface area contributed by atoms with Gasteiger partial charge in [-0.25, -0.2) is 4.68 Å². The summed E-state index contributed by atoms with van der Waals surface area (Å²) in [4.78, 5) is 13.4. The van der Waals surface area contributed by atoms with Gasteiger partial charge >= 0.3 is 0 Å². The van der Waals surface area contributed by atoms with Crippen molar-refractivity contribution in [2.45, 2.75) is 30.2 Å². The summed E-state index contributed by atoms with van der Waals surface area (Å²) in [6, 6.07) is 1.85. The lowest BCUT2D eigenvalue weighted by Gasteiger charge is -2.20. The minimum atomic E-state index is 0.501. The third-order valence-electron chi connectivity index (χ3n) is 3.09. The molecule has 0 aromatic carbocycles. The molecule has 1 aliphatic rings. The lowest BCUT2D eigenvalue weighted by Crippen LogP contribution is -2.18. The highest BCUT2D eigenvalue weighted by Crippen LogP contribution is 2.27. The molecular formula is C13H18N6OS. The van der Waals surface area contributed by atoms with E-state index in [-0.39, 0.29) is 0 Å². The van der Waals surface area contributed by atoms with Gasteiger partial charge in [-0.05, 0) is 25.8 Å². The summed E-state index contributed by atoms with van der Waals surface area (Å²) in [6.45, 7) is 4.41. The van der Waals surface area contributed by atoms with Gasteiger partial charge in [0.2, 0.25) is 5.95 Å². The van der Waals surface area contributed by atoms with Crippen molar-refractivity contribution < 1.29 is 4.74 Å². The van der Waals surface area contributed by atoms with Gasteiger partial charge in [0.1, 0.15) is 0 Å². The van der Waals surface area contributed by atoms with Crippen molar-refractivity contribution in [1.82, 2.24) is 24.7 Å². The molecule has 0 unspecified atom stereocenters. The summed E-state index contributed by atoms with van der Waals surface area (Å²) in [5, 5.41) is 8.56. The quantitative estimate of drug-likeness (QED) is 0.901. The molecule has 1 saturated heterocycles. The molecule has 7 nitrogen and oxygen atoms in total. The Hall–Kier alpha value is -1.67. The molecule has 1 fully saturated rings. The molecule has 1 aliphatic heterocycles. The van der Waals surface area contributed by atoms with Gasteiger partial charge in [-0.15, -0.1) is 0 Å². The van der Waals surface area contributed by atoms with Crippen LogP contribution in [0, 0.1) is 0 Å². The van der Waals surface area contributed by atoms with Gasteiger partial charge in [0, 0.05) is 37.4 Å². The van der Waals surface area contributed by atoms with E-state index < -0.39 is 0 Å². The Morgan fingerprint density at radius 3 is 2.90 bits per heavy atom. The Balaban J connectivity index is 1.84. The van der Waals surface area contributed by atoms with Crippen molar-refractivity contribution in [1.29, 1.82) is 0 Å². The average Bonchev–Trinajstić information content (AvgIpc) is 3.03. The molecule has 3 heterocycles. The number of nitrogens with one attached hydrogen (secondary N) is 1. The summed E-state index contributed by atoms with van der Waals surface area (Å²) in [6.07, 6.45) is 5.60. The maximum absolute atomic E-state index is 5.39. The zero-order valence-electron chi connectivity index (χ0n) is 11.9. The average molecular weight is 306 g/mol. The fraction of sp³-hybridized carbons (Fsp3) is 0.538. The predicted molar refractivity (Wildman–Crippen MR) is 80.8 cm³/mol. The summed E-state index contributed by atoms with van der Waals surface area (Å²) in [5.74, 6) is 1.13. The van der Waals surface area contributed by atoms with Crippen molar-refractivity contribution in [3.63, 3.8) is 0 Å². The third-order valence-corrected chi connectivity index (χ3v) is 4.29. The maximum atomic E-state index is 5.39. The first-order valence-corrected chi connectivity index (χ1v) is 7.97. The zero-order valence-corrected chi connectivity index (χ0v) is 12.7. The fourth-order valence-corrected chi connectivity index (χ4v) is 3.07. The molecule has 0 bridgehead atoms. The van der Waals surface area contributed by atoms with Crippen molar-refractivity contribution in [3.05, 3.63) is 18.5 Å². The zero-order chi connectivity index (χ0) is 14.5. The molecule has 3 rings (SSSR count). The molecule has 0 saturated carbocycles. The summed E-state index contributed by atoms with van der Waals surface area (Å²) >= 11 is 1.69. The first kappa shape index (κ1) is 14.3. The molecule has 2 aromatic heterocycles. The van der Waals surface area contributed by atoms with E-state index in [4.69, 9.17) is 4.74 Å². The molecule has 0 aliphatic carbocycles. The van der Waals surface area contributed by atoms with E-state index >= 15 is 0 Å². The second-order valence-corrected chi connectivity index (χ2v) is 5.92. The highest BCUT2D eigenvalue weighted by atomic mass is 32.2. The van der Waals surface area contributed by atoms with Gasteiger partial charge in [-0.1, -0.05) is 11.8 Å². The van der Waals surface area contributed by atoms with Gasteiger partial charge in [0.15, 0.2) is 5.16 Å². The van der Waals surface area contributed by atoms with Crippen LogP contribution in [0.5, 0.6) is 0 Å². The van der Waals surface area contributed by atoms with Crippen molar-refractivity contribution in [2.75, 3.05) is 25.1 Å². The van der Waals surface area contributed by atoms with E-state index in [1.807, 2.05) is 19.2 Å². The molecule has 0 amide bonds. The minimum Gasteiger partial charge on any atom is -0.381 e. The maximum Gasteiger partial charge on any atom is 0.256 e. The Morgan fingerprint density at radius 2 is 2.19 bits per heavy atom. The van der Waals surface area contributed by atoms with Crippen LogP contribution in [-0.4, -0.2) is 49.7 Å². The Labute approximate surface area is 127 Å². The third kappa shape index (κ3) is 3.70. The Morgan fingerprint density at radius 1 is 1.33 bits per heavy atom. The normalized spacial score (nSPS) is 16.0. The van der Waals surface area contributed by atoms with E-state index in [2.05, 4.69) is 25.4 Å². The number of hydrogen-bond acceptors (Lipinski definition) is 7. The van der Waals surface area contributed by atoms with Crippen LogP contribution in [0.3, 0.4) is 0 Å². The van der Waals surface area contributed by atoms with Crippen LogP contribution in [0.1, 0.15) is 19.8 Å². The number of thioether (sulfide) groups is 1. The summed E-state index contributed by atoms with van der Waals surface area (Å²) in [5.41, 5.74) is 0. The number of nitrogens with zero attached hydrogens (tertiary/aromatic N) is 5. The van der Waals surface area contributed by atoms with Crippen LogP contribution in [0.4, 0.5) is 5.95 Å². The van der Waals surface area contributed by atoms with E-state index in [1.165, 1.54) is 0 Å². The minimum absolute atomic E-state index is 0.501. The lowest BCUT2D eigenvalue weighted by molar-refractivity contribution is 0.1000. The SMILES string of the molecule is CCNc1nc(SC2CCOCC2)nc(-n2cccn2)n1. The van der Waals surface area contributed by atoms with Crippen molar-refractivity contribution in [2.24, 2.45) is 0 Å². The topological polar surface area (TPSA) is 77.8 Å². The smallest absolute Gasteiger partial charge is 0.256 e. The van der Waals surface area contributed by atoms with Gasteiger partial charge in [-0.3, -0.25) is 0 Å². The van der Waals surface area contributed by atoms with Gasteiger partial charge in [-0.2, -0.15) is 20.1 Å². The van der Waals surface area contributed by atoms with Crippen LogP contribution < -0.4 is 5.32 Å². The number of hydrogen-bond donors (Lipinski definition) is 1. The number of anilines is 1. The standard InChI is InChI=1S/C13H18N6OS/c1-2-14-11-16-12(19-7-3-6-15-19)18-13(17-11)21-10-4-8-20-9-5-10/h3,6-7,10H,2,4-5,8-9H2,1H3,(H,14,16,17,18). The summed E-state index contributed by atoms with van der Waals surface area (Å²) in [7, 11) is 0. The van der Waals surface area contributed by atoms with Crippen molar-refractivity contribution in [3.8, 4) is 5.95 Å². The van der Waals surface area contributed by atoms with Gasteiger partial charge < -0.3 is 10.1 Å². The van der Waals surface area contributed by atoms with Crippen LogP contribution >= 0.6 is 11.8 Å². The van der Waals surface area contributed by atoms with Crippen molar-refractivity contribution >= 4 is 17.7 Å². The predicted octanol–water partition coefficient (Wildman–Crippen LogP) is 1.76. The highest BCUT2D eigenvalue weighted by molar-refractivity contribution is 7.99. The molecule has 112 valence electrons.